The van der Waals surface area contributed by atoms with Crippen molar-refractivity contribution in [2.24, 2.45) is 10.7 Å². The minimum atomic E-state index is -0.0855. The number of ether oxygens (including phenoxy) is 1. The monoisotopic (exact) mass is 194 g/mol. The Morgan fingerprint density at radius 3 is 3.00 bits per heavy atom. The van der Waals surface area contributed by atoms with Crippen LogP contribution in [-0.2, 0) is 9.53 Å². The van der Waals surface area contributed by atoms with Gasteiger partial charge in [0.15, 0.2) is 6.29 Å². The van der Waals surface area contributed by atoms with Crippen molar-refractivity contribution < 1.29 is 9.53 Å². The first-order valence-corrected chi connectivity index (χ1v) is 4.91. The van der Waals surface area contributed by atoms with Crippen molar-refractivity contribution in [3.05, 3.63) is 11.8 Å². The molecule has 0 aromatic heterocycles. The molecule has 4 heteroatoms. The maximum absolute atomic E-state index is 10.6. The molecular weight excluding hydrogens is 180 g/mol. The predicted octanol–water partition coefficient (Wildman–Crippen LogP) is 0.420. The molecule has 0 bridgehead atoms. The summed E-state index contributed by atoms with van der Waals surface area (Å²) in [7, 11) is 0. The molecule has 2 rings (SSSR count). The van der Waals surface area contributed by atoms with Crippen molar-refractivity contribution in [2.75, 3.05) is 6.54 Å². The van der Waals surface area contributed by atoms with E-state index in [0.717, 1.165) is 24.9 Å². The van der Waals surface area contributed by atoms with E-state index in [4.69, 9.17) is 10.5 Å². The van der Waals surface area contributed by atoms with E-state index in [1.807, 2.05) is 6.08 Å². The van der Waals surface area contributed by atoms with Crippen LogP contribution < -0.4 is 5.73 Å². The van der Waals surface area contributed by atoms with Gasteiger partial charge in [0.1, 0.15) is 5.76 Å². The minimum absolute atomic E-state index is 0.0855. The molecule has 14 heavy (non-hydrogen) atoms. The van der Waals surface area contributed by atoms with E-state index in [-0.39, 0.29) is 6.04 Å². The first-order valence-electron chi connectivity index (χ1n) is 4.91. The molecule has 0 spiro atoms. The molecule has 0 aromatic rings. The Morgan fingerprint density at radius 1 is 1.64 bits per heavy atom. The van der Waals surface area contributed by atoms with Crippen LogP contribution in [0.15, 0.2) is 16.8 Å². The van der Waals surface area contributed by atoms with Crippen LogP contribution in [0.25, 0.3) is 0 Å². The number of aliphatic imine (C=N–C) groups is 1. The highest BCUT2D eigenvalue weighted by Crippen LogP contribution is 2.28. The van der Waals surface area contributed by atoms with Crippen LogP contribution in [-0.4, -0.2) is 30.7 Å². The van der Waals surface area contributed by atoms with Crippen LogP contribution in [0, 0.1) is 0 Å². The Hall–Kier alpha value is -1.16. The van der Waals surface area contributed by atoms with Crippen LogP contribution in [0.3, 0.4) is 0 Å². The second-order valence-electron chi connectivity index (χ2n) is 3.67. The van der Waals surface area contributed by atoms with Crippen LogP contribution in [0.2, 0.25) is 0 Å². The first-order chi connectivity index (χ1) is 6.81. The largest absolute Gasteiger partial charge is 0.495 e. The molecule has 1 heterocycles. The maximum Gasteiger partial charge on any atom is 0.164 e. The number of aldehydes is 1. The molecule has 2 aliphatic rings. The van der Waals surface area contributed by atoms with E-state index in [1.165, 1.54) is 0 Å². The lowest BCUT2D eigenvalue weighted by atomic mass is 10.1. The molecule has 1 aliphatic heterocycles. The number of hydrogen-bond acceptors (Lipinski definition) is 4. The summed E-state index contributed by atoms with van der Waals surface area (Å²) in [4.78, 5) is 14.8. The minimum Gasteiger partial charge on any atom is -0.495 e. The standard InChI is InChI=1S/C10H14N2O2/c11-5-7-3-10(14-9-1-2-9)4-8(6-13)12-7/h3,6-7,9H,1-2,4-5,11H2. The lowest BCUT2D eigenvalue weighted by Crippen LogP contribution is -2.23. The lowest BCUT2D eigenvalue weighted by molar-refractivity contribution is -0.102. The third kappa shape index (κ3) is 2.20. The van der Waals surface area contributed by atoms with Gasteiger partial charge < -0.3 is 10.5 Å². The van der Waals surface area contributed by atoms with E-state index in [2.05, 4.69) is 4.99 Å². The number of hydrogen-bond donors (Lipinski definition) is 1. The highest BCUT2D eigenvalue weighted by molar-refractivity contribution is 6.29. The van der Waals surface area contributed by atoms with E-state index in [1.54, 1.807) is 0 Å². The van der Waals surface area contributed by atoms with Crippen molar-refractivity contribution in [2.45, 2.75) is 31.4 Å². The summed E-state index contributed by atoms with van der Waals surface area (Å²) >= 11 is 0. The molecule has 1 atom stereocenters. The summed E-state index contributed by atoms with van der Waals surface area (Å²) in [5.41, 5.74) is 6.05. The van der Waals surface area contributed by atoms with Gasteiger partial charge in [0, 0.05) is 6.54 Å². The molecule has 0 amide bonds. The molecule has 1 unspecified atom stereocenters. The molecule has 4 nitrogen and oxygen atoms in total. The van der Waals surface area contributed by atoms with Crippen molar-refractivity contribution in [3.63, 3.8) is 0 Å². The molecule has 0 radical (unpaired) electrons. The van der Waals surface area contributed by atoms with Crippen molar-refractivity contribution in [3.8, 4) is 0 Å². The predicted molar refractivity (Wildman–Crippen MR) is 53.1 cm³/mol. The van der Waals surface area contributed by atoms with Gasteiger partial charge in [0.25, 0.3) is 0 Å². The van der Waals surface area contributed by atoms with Gasteiger partial charge in [-0.2, -0.15) is 0 Å². The molecule has 1 aliphatic carbocycles. The van der Waals surface area contributed by atoms with Gasteiger partial charge in [-0.05, 0) is 18.9 Å². The Morgan fingerprint density at radius 2 is 2.43 bits per heavy atom. The fourth-order valence-electron chi connectivity index (χ4n) is 1.42. The number of carbonyl (C=O) groups excluding carboxylic acids is 1. The van der Waals surface area contributed by atoms with E-state index < -0.39 is 0 Å². The second-order valence-corrected chi connectivity index (χ2v) is 3.67. The summed E-state index contributed by atoms with van der Waals surface area (Å²) in [5, 5.41) is 0. The molecule has 0 saturated heterocycles. The Bertz CT molecular complexity index is 292. The summed E-state index contributed by atoms with van der Waals surface area (Å²) in [6.07, 6.45) is 5.84. The van der Waals surface area contributed by atoms with Gasteiger partial charge in [-0.1, -0.05) is 0 Å². The van der Waals surface area contributed by atoms with Gasteiger partial charge in [-0.3, -0.25) is 9.79 Å². The fourth-order valence-corrected chi connectivity index (χ4v) is 1.42. The smallest absolute Gasteiger partial charge is 0.164 e. The van der Waals surface area contributed by atoms with Gasteiger partial charge in [-0.25, -0.2) is 0 Å². The third-order valence-corrected chi connectivity index (χ3v) is 2.29. The van der Waals surface area contributed by atoms with Crippen molar-refractivity contribution in [1.29, 1.82) is 0 Å². The molecule has 1 saturated carbocycles. The highest BCUT2D eigenvalue weighted by Gasteiger charge is 2.26. The fraction of sp³-hybridized carbons (Fsp3) is 0.600. The zero-order valence-corrected chi connectivity index (χ0v) is 7.98. The van der Waals surface area contributed by atoms with Crippen LogP contribution >= 0.6 is 0 Å². The topological polar surface area (TPSA) is 64.7 Å². The van der Waals surface area contributed by atoms with Crippen molar-refractivity contribution >= 4 is 12.0 Å². The van der Waals surface area contributed by atoms with Gasteiger partial charge in [0.05, 0.1) is 24.3 Å². The molecular formula is C10H14N2O2. The Labute approximate surface area is 82.8 Å². The van der Waals surface area contributed by atoms with Crippen LogP contribution in [0.4, 0.5) is 0 Å². The number of dihydropyridines is 1. The lowest BCUT2D eigenvalue weighted by Gasteiger charge is -2.17. The second kappa shape index (κ2) is 3.92. The van der Waals surface area contributed by atoms with Crippen LogP contribution in [0.1, 0.15) is 19.3 Å². The normalized spacial score (nSPS) is 26.5. The van der Waals surface area contributed by atoms with Gasteiger partial charge >= 0.3 is 0 Å². The average molecular weight is 194 g/mol. The number of rotatable bonds is 4. The first kappa shape index (κ1) is 9.40. The van der Waals surface area contributed by atoms with Gasteiger partial charge in [-0.15, -0.1) is 0 Å². The Kier molecular flexibility index (Phi) is 2.63. The van der Waals surface area contributed by atoms with E-state index in [9.17, 15) is 4.79 Å². The van der Waals surface area contributed by atoms with Gasteiger partial charge in [0.2, 0.25) is 0 Å². The van der Waals surface area contributed by atoms with Crippen molar-refractivity contribution in [1.82, 2.24) is 0 Å². The van der Waals surface area contributed by atoms with E-state index >= 15 is 0 Å². The number of carbonyl (C=O) groups is 1. The summed E-state index contributed by atoms with van der Waals surface area (Å²) in [6.45, 7) is 0.425. The number of nitrogens with zero attached hydrogens (tertiary/aromatic N) is 1. The van der Waals surface area contributed by atoms with Crippen LogP contribution in [0.5, 0.6) is 0 Å². The zero-order valence-electron chi connectivity index (χ0n) is 7.98. The Balaban J connectivity index is 2.02. The SMILES string of the molecule is NCC1C=C(OC2CC2)CC(C=O)=N1. The average Bonchev–Trinajstić information content (AvgIpc) is 3.01. The number of allylic oxidation sites excluding steroid dienone is 1. The zero-order chi connectivity index (χ0) is 9.97. The third-order valence-electron chi connectivity index (χ3n) is 2.29. The summed E-state index contributed by atoms with van der Waals surface area (Å²) < 4.78 is 5.63. The quantitative estimate of drug-likeness (QED) is 0.660. The molecule has 2 N–H and O–H groups in total. The molecule has 76 valence electrons. The molecule has 0 aromatic carbocycles. The summed E-state index contributed by atoms with van der Waals surface area (Å²) in [5.74, 6) is 0.861. The van der Waals surface area contributed by atoms with E-state index in [0.29, 0.717) is 24.8 Å². The highest BCUT2D eigenvalue weighted by atomic mass is 16.5. The molecule has 1 fully saturated rings. The summed E-state index contributed by atoms with van der Waals surface area (Å²) in [6, 6.07) is -0.0855. The number of nitrogens with two attached hydrogens (primary N) is 1. The maximum atomic E-state index is 10.6.